The van der Waals surface area contributed by atoms with Crippen LogP contribution in [0.1, 0.15) is 16.7 Å². The van der Waals surface area contributed by atoms with Crippen molar-refractivity contribution in [3.05, 3.63) is 108 Å². The van der Waals surface area contributed by atoms with Gasteiger partial charge in [0.15, 0.2) is 0 Å². The molecule has 1 atom stereocenters. The van der Waals surface area contributed by atoms with Crippen LogP contribution < -0.4 is 5.32 Å². The Morgan fingerprint density at radius 3 is 2.28 bits per heavy atom. The number of aromatic hydroxyl groups is 1. The van der Waals surface area contributed by atoms with E-state index in [1.54, 1.807) is 6.07 Å². The summed E-state index contributed by atoms with van der Waals surface area (Å²) >= 11 is 0. The second kappa shape index (κ2) is 5.99. The molecule has 0 radical (unpaired) electrons. The molecule has 0 bridgehead atoms. The average Bonchev–Trinajstić information content (AvgIpc) is 2.95. The van der Waals surface area contributed by atoms with Crippen molar-refractivity contribution >= 4 is 17.3 Å². The normalized spacial score (nSPS) is 19.0. The molecule has 3 aromatic rings. The zero-order valence-corrected chi connectivity index (χ0v) is 13.8. The van der Waals surface area contributed by atoms with Gasteiger partial charge in [0.1, 0.15) is 11.3 Å². The van der Waals surface area contributed by atoms with Crippen LogP contribution in [0.15, 0.2) is 91.5 Å². The van der Waals surface area contributed by atoms with Gasteiger partial charge in [0.2, 0.25) is 0 Å². The van der Waals surface area contributed by atoms with Crippen LogP contribution in [0.5, 0.6) is 5.75 Å². The molecule has 1 heterocycles. The number of hydrogen-bond acceptors (Lipinski definition) is 2. The zero-order valence-electron chi connectivity index (χ0n) is 13.8. The summed E-state index contributed by atoms with van der Waals surface area (Å²) in [6.07, 6.45) is 4.15. The summed E-state index contributed by atoms with van der Waals surface area (Å²) in [6.45, 7) is 4.35. The molecule has 0 amide bonds. The standard InChI is InChI=1S/C23H19NO/c1-17-19-11-5-7-13-21(19)24-23(17,20-12-6-8-14-22(20)25)16-15-18-9-3-2-4-10-18/h2-16,24-25H,1H2/b16-15+. The Bertz CT molecular complexity index is 959. The number of phenolic OH excluding ortho intramolecular Hbond substituents is 1. The van der Waals surface area contributed by atoms with E-state index >= 15 is 0 Å². The first-order valence-electron chi connectivity index (χ1n) is 8.30. The molecule has 0 saturated heterocycles. The van der Waals surface area contributed by atoms with Crippen LogP contribution in [0.4, 0.5) is 5.69 Å². The molecule has 0 aliphatic carbocycles. The van der Waals surface area contributed by atoms with Crippen LogP contribution in [-0.4, -0.2) is 5.11 Å². The molecule has 0 aromatic heterocycles. The fraction of sp³-hybridized carbons (Fsp3) is 0.0435. The Balaban J connectivity index is 1.88. The molecule has 2 N–H and O–H groups in total. The van der Waals surface area contributed by atoms with Crippen LogP contribution in [0, 0.1) is 0 Å². The van der Waals surface area contributed by atoms with Gasteiger partial charge in [0.25, 0.3) is 0 Å². The molecular formula is C23H19NO. The van der Waals surface area contributed by atoms with E-state index in [4.69, 9.17) is 0 Å². The maximum Gasteiger partial charge on any atom is 0.121 e. The number of nitrogens with one attached hydrogen (secondary N) is 1. The molecule has 2 heteroatoms. The minimum Gasteiger partial charge on any atom is -0.508 e. The average molecular weight is 325 g/mol. The molecule has 0 fully saturated rings. The van der Waals surface area contributed by atoms with Crippen molar-refractivity contribution in [3.8, 4) is 5.75 Å². The van der Waals surface area contributed by atoms with E-state index in [0.29, 0.717) is 0 Å². The molecule has 1 unspecified atom stereocenters. The monoisotopic (exact) mass is 325 g/mol. The van der Waals surface area contributed by atoms with Crippen LogP contribution in [-0.2, 0) is 5.54 Å². The topological polar surface area (TPSA) is 32.3 Å². The molecule has 2 nitrogen and oxygen atoms in total. The van der Waals surface area contributed by atoms with Crippen molar-refractivity contribution in [2.24, 2.45) is 0 Å². The predicted octanol–water partition coefficient (Wildman–Crippen LogP) is 5.44. The number of hydrogen-bond donors (Lipinski definition) is 2. The largest absolute Gasteiger partial charge is 0.508 e. The lowest BCUT2D eigenvalue weighted by Gasteiger charge is -2.29. The molecule has 4 rings (SSSR count). The fourth-order valence-electron chi connectivity index (χ4n) is 3.41. The van der Waals surface area contributed by atoms with E-state index < -0.39 is 5.54 Å². The van der Waals surface area contributed by atoms with Crippen molar-refractivity contribution < 1.29 is 5.11 Å². The lowest BCUT2D eigenvalue weighted by atomic mass is 9.82. The minimum atomic E-state index is -0.676. The van der Waals surface area contributed by atoms with Crippen molar-refractivity contribution in [2.45, 2.75) is 5.54 Å². The molecule has 0 spiro atoms. The number of benzene rings is 3. The van der Waals surface area contributed by atoms with E-state index in [2.05, 4.69) is 42.2 Å². The number of fused-ring (bicyclic) bond motifs is 1. The fourth-order valence-corrected chi connectivity index (χ4v) is 3.41. The van der Waals surface area contributed by atoms with Gasteiger partial charge in [0.05, 0.1) is 0 Å². The Hall–Kier alpha value is -3.26. The van der Waals surface area contributed by atoms with Crippen molar-refractivity contribution in [1.82, 2.24) is 0 Å². The lowest BCUT2D eigenvalue weighted by Crippen LogP contribution is -2.29. The second-order valence-corrected chi connectivity index (χ2v) is 6.22. The predicted molar refractivity (Wildman–Crippen MR) is 104 cm³/mol. The van der Waals surface area contributed by atoms with Crippen molar-refractivity contribution in [2.75, 3.05) is 5.32 Å². The van der Waals surface area contributed by atoms with Gasteiger partial charge < -0.3 is 10.4 Å². The summed E-state index contributed by atoms with van der Waals surface area (Å²) in [4.78, 5) is 0. The Morgan fingerprint density at radius 2 is 1.52 bits per heavy atom. The van der Waals surface area contributed by atoms with E-state index in [0.717, 1.165) is 28.0 Å². The lowest BCUT2D eigenvalue weighted by molar-refractivity contribution is 0.463. The Labute approximate surface area is 147 Å². The summed E-state index contributed by atoms with van der Waals surface area (Å²) in [6, 6.07) is 25.7. The van der Waals surface area contributed by atoms with Gasteiger partial charge in [-0.25, -0.2) is 0 Å². The molecule has 25 heavy (non-hydrogen) atoms. The van der Waals surface area contributed by atoms with Gasteiger partial charge in [0, 0.05) is 16.8 Å². The van der Waals surface area contributed by atoms with Crippen LogP contribution in [0.2, 0.25) is 0 Å². The van der Waals surface area contributed by atoms with Gasteiger partial charge in [-0.1, -0.05) is 79.4 Å². The highest BCUT2D eigenvalue weighted by Gasteiger charge is 2.41. The molecule has 3 aromatic carbocycles. The van der Waals surface area contributed by atoms with E-state index in [1.807, 2.05) is 54.6 Å². The first-order valence-corrected chi connectivity index (χ1v) is 8.30. The highest BCUT2D eigenvalue weighted by molar-refractivity contribution is 5.93. The number of anilines is 1. The highest BCUT2D eigenvalue weighted by atomic mass is 16.3. The molecule has 1 aliphatic rings. The first kappa shape index (κ1) is 15.3. The smallest absolute Gasteiger partial charge is 0.121 e. The third kappa shape index (κ3) is 2.52. The Morgan fingerprint density at radius 1 is 0.840 bits per heavy atom. The summed E-state index contributed by atoms with van der Waals surface area (Å²) in [7, 11) is 0. The first-order chi connectivity index (χ1) is 12.2. The molecule has 0 saturated carbocycles. The molecule has 122 valence electrons. The van der Waals surface area contributed by atoms with Crippen molar-refractivity contribution in [3.63, 3.8) is 0 Å². The summed E-state index contributed by atoms with van der Waals surface area (Å²) in [5.41, 5.74) is 4.24. The summed E-state index contributed by atoms with van der Waals surface area (Å²) < 4.78 is 0. The Kier molecular flexibility index (Phi) is 3.66. The van der Waals surface area contributed by atoms with Gasteiger partial charge in [-0.3, -0.25) is 0 Å². The van der Waals surface area contributed by atoms with E-state index in [1.165, 1.54) is 0 Å². The van der Waals surface area contributed by atoms with Gasteiger partial charge >= 0.3 is 0 Å². The number of rotatable bonds is 3. The van der Waals surface area contributed by atoms with E-state index in [9.17, 15) is 5.11 Å². The number of para-hydroxylation sites is 2. The van der Waals surface area contributed by atoms with Gasteiger partial charge in [-0.05, 0) is 29.3 Å². The van der Waals surface area contributed by atoms with E-state index in [-0.39, 0.29) is 5.75 Å². The van der Waals surface area contributed by atoms with Gasteiger partial charge in [-0.2, -0.15) is 0 Å². The summed E-state index contributed by atoms with van der Waals surface area (Å²) in [5, 5.41) is 14.1. The zero-order chi connectivity index (χ0) is 17.3. The van der Waals surface area contributed by atoms with Crippen LogP contribution >= 0.6 is 0 Å². The van der Waals surface area contributed by atoms with Crippen LogP contribution in [0.3, 0.4) is 0 Å². The third-order valence-electron chi connectivity index (χ3n) is 4.71. The minimum absolute atomic E-state index is 0.252. The highest BCUT2D eigenvalue weighted by Crippen LogP contribution is 2.50. The number of phenols is 1. The molecule has 1 aliphatic heterocycles. The van der Waals surface area contributed by atoms with Gasteiger partial charge in [-0.15, -0.1) is 0 Å². The second-order valence-electron chi connectivity index (χ2n) is 6.22. The maximum atomic E-state index is 10.5. The quantitative estimate of drug-likeness (QED) is 0.672. The SMILES string of the molecule is C=C1c2ccccc2NC1(/C=C/c1ccccc1)c1ccccc1O. The maximum absolute atomic E-state index is 10.5. The third-order valence-corrected chi connectivity index (χ3v) is 4.71. The summed E-state index contributed by atoms with van der Waals surface area (Å²) in [5.74, 6) is 0.252. The molecular weight excluding hydrogens is 306 g/mol. The van der Waals surface area contributed by atoms with Crippen LogP contribution in [0.25, 0.3) is 11.6 Å². The van der Waals surface area contributed by atoms with Crippen molar-refractivity contribution in [1.29, 1.82) is 0 Å².